The Kier molecular flexibility index (Phi) is 5.27. The molecule has 4 heterocycles. The second-order valence-corrected chi connectivity index (χ2v) is 7.64. The Bertz CT molecular complexity index is 1190. The van der Waals surface area contributed by atoms with Crippen LogP contribution >= 0.6 is 0 Å². The molecule has 0 radical (unpaired) electrons. The molecule has 1 fully saturated rings. The number of anilines is 3. The highest BCUT2D eigenvalue weighted by Gasteiger charge is 2.12. The summed E-state index contributed by atoms with van der Waals surface area (Å²) in [5, 5.41) is 3.52. The van der Waals surface area contributed by atoms with Gasteiger partial charge in [-0.15, -0.1) is 0 Å². The van der Waals surface area contributed by atoms with E-state index in [0.717, 1.165) is 41.4 Å². The smallest absolute Gasteiger partial charge is 0.218 e. The van der Waals surface area contributed by atoms with Crippen molar-refractivity contribution >= 4 is 22.7 Å². The van der Waals surface area contributed by atoms with Crippen LogP contribution in [0.3, 0.4) is 0 Å². The van der Waals surface area contributed by atoms with Gasteiger partial charge in [-0.25, -0.2) is 9.97 Å². The number of fused-ring (bicyclic) bond motifs is 1. The van der Waals surface area contributed by atoms with Gasteiger partial charge in [0.2, 0.25) is 5.88 Å². The summed E-state index contributed by atoms with van der Waals surface area (Å²) in [6.07, 6.45) is 10.8. The molecule has 1 aliphatic rings. The van der Waals surface area contributed by atoms with Crippen LogP contribution in [0.1, 0.15) is 19.3 Å². The maximum Gasteiger partial charge on any atom is 0.218 e. The third kappa shape index (κ3) is 3.97. The predicted molar refractivity (Wildman–Crippen MR) is 125 cm³/mol. The number of benzene rings is 1. The SMILES string of the molecule is C=COc1cc(-c2ccc(Nc3ccc(N4CCCCC4)cc3)c3nccn23)ccn1. The Morgan fingerprint density at radius 2 is 1.77 bits per heavy atom. The molecule has 1 aliphatic heterocycles. The molecule has 4 aromatic rings. The minimum atomic E-state index is 0.511. The highest BCUT2D eigenvalue weighted by Crippen LogP contribution is 2.29. The molecule has 6 nitrogen and oxygen atoms in total. The molecule has 0 bridgehead atoms. The van der Waals surface area contributed by atoms with Crippen molar-refractivity contribution in [2.24, 2.45) is 0 Å². The minimum absolute atomic E-state index is 0.511. The van der Waals surface area contributed by atoms with Crippen LogP contribution in [-0.4, -0.2) is 27.5 Å². The van der Waals surface area contributed by atoms with E-state index in [1.54, 1.807) is 6.20 Å². The standard InChI is InChI=1S/C25H25N5O/c1-2-31-24-18-19(12-13-26-24)23-11-10-22(25-27-14-17-30(23)25)28-20-6-8-21(9-7-20)29-15-4-3-5-16-29/h2,6-14,17-18,28H,1,3-5,15-16H2. The van der Waals surface area contributed by atoms with E-state index in [1.807, 2.05) is 24.5 Å². The Morgan fingerprint density at radius 3 is 2.58 bits per heavy atom. The number of nitrogens with one attached hydrogen (secondary N) is 1. The molecular weight excluding hydrogens is 386 g/mol. The van der Waals surface area contributed by atoms with E-state index in [2.05, 4.69) is 67.6 Å². The van der Waals surface area contributed by atoms with Crippen LogP contribution in [0, 0.1) is 0 Å². The van der Waals surface area contributed by atoms with Crippen LogP contribution in [0.4, 0.5) is 17.1 Å². The van der Waals surface area contributed by atoms with E-state index >= 15 is 0 Å². The fourth-order valence-corrected chi connectivity index (χ4v) is 4.13. The maximum absolute atomic E-state index is 5.33. The van der Waals surface area contributed by atoms with E-state index < -0.39 is 0 Å². The van der Waals surface area contributed by atoms with E-state index in [0.29, 0.717) is 5.88 Å². The fourth-order valence-electron chi connectivity index (χ4n) is 4.13. The topological polar surface area (TPSA) is 54.7 Å². The lowest BCUT2D eigenvalue weighted by atomic mass is 10.1. The van der Waals surface area contributed by atoms with Gasteiger partial charge in [-0.1, -0.05) is 6.58 Å². The van der Waals surface area contributed by atoms with Crippen LogP contribution < -0.4 is 15.0 Å². The largest absolute Gasteiger partial charge is 0.447 e. The van der Waals surface area contributed by atoms with Crippen LogP contribution in [-0.2, 0) is 0 Å². The van der Waals surface area contributed by atoms with Gasteiger partial charge >= 0.3 is 0 Å². The second kappa shape index (κ2) is 8.52. The van der Waals surface area contributed by atoms with Crippen LogP contribution in [0.2, 0.25) is 0 Å². The van der Waals surface area contributed by atoms with Gasteiger partial charge in [0.15, 0.2) is 5.65 Å². The summed E-state index contributed by atoms with van der Waals surface area (Å²) in [7, 11) is 0. The predicted octanol–water partition coefficient (Wildman–Crippen LogP) is 5.65. The summed E-state index contributed by atoms with van der Waals surface area (Å²) in [5.41, 5.74) is 6.16. The molecule has 0 aliphatic carbocycles. The average Bonchev–Trinajstić information content (AvgIpc) is 3.31. The highest BCUT2D eigenvalue weighted by molar-refractivity contribution is 5.78. The van der Waals surface area contributed by atoms with Crippen LogP contribution in [0.15, 0.2) is 80.0 Å². The third-order valence-electron chi connectivity index (χ3n) is 5.65. The summed E-state index contributed by atoms with van der Waals surface area (Å²) in [6, 6.07) is 16.7. The fraction of sp³-hybridized carbons (Fsp3) is 0.200. The number of aromatic nitrogens is 3. The second-order valence-electron chi connectivity index (χ2n) is 7.64. The molecule has 6 heteroatoms. The summed E-state index contributed by atoms with van der Waals surface area (Å²) >= 11 is 0. The average molecular weight is 412 g/mol. The molecule has 0 amide bonds. The molecule has 156 valence electrons. The lowest BCUT2D eigenvalue weighted by Gasteiger charge is -2.28. The van der Waals surface area contributed by atoms with Gasteiger partial charge in [-0.05, 0) is 61.7 Å². The molecule has 31 heavy (non-hydrogen) atoms. The molecule has 0 atom stereocenters. The molecule has 1 saturated heterocycles. The van der Waals surface area contributed by atoms with E-state index in [4.69, 9.17) is 4.74 Å². The first kappa shape index (κ1) is 19.2. The number of rotatable bonds is 6. The number of hydrogen-bond donors (Lipinski definition) is 1. The lowest BCUT2D eigenvalue weighted by molar-refractivity contribution is 0.463. The molecule has 1 aromatic carbocycles. The number of pyridine rings is 2. The first-order valence-corrected chi connectivity index (χ1v) is 10.6. The van der Waals surface area contributed by atoms with E-state index in [1.165, 1.54) is 31.2 Å². The van der Waals surface area contributed by atoms with Crippen molar-refractivity contribution in [3.05, 3.63) is 80.0 Å². The molecule has 0 spiro atoms. The molecule has 1 N–H and O–H groups in total. The van der Waals surface area contributed by atoms with Gasteiger partial charge in [-0.3, -0.25) is 4.40 Å². The first-order chi connectivity index (χ1) is 15.3. The van der Waals surface area contributed by atoms with Crippen molar-refractivity contribution < 1.29 is 4.74 Å². The Labute approximate surface area is 181 Å². The monoisotopic (exact) mass is 411 g/mol. The quantitative estimate of drug-likeness (QED) is 0.415. The summed E-state index contributed by atoms with van der Waals surface area (Å²) in [6.45, 7) is 5.90. The number of nitrogens with zero attached hydrogens (tertiary/aromatic N) is 4. The Morgan fingerprint density at radius 1 is 0.935 bits per heavy atom. The van der Waals surface area contributed by atoms with Gasteiger partial charge < -0.3 is 15.0 Å². The zero-order valence-corrected chi connectivity index (χ0v) is 17.4. The third-order valence-corrected chi connectivity index (χ3v) is 5.65. The number of piperidine rings is 1. The zero-order valence-electron chi connectivity index (χ0n) is 17.4. The lowest BCUT2D eigenvalue weighted by Crippen LogP contribution is -2.29. The van der Waals surface area contributed by atoms with Crippen molar-refractivity contribution in [3.63, 3.8) is 0 Å². The Hall–Kier alpha value is -3.80. The van der Waals surface area contributed by atoms with Crippen molar-refractivity contribution in [1.82, 2.24) is 14.4 Å². The van der Waals surface area contributed by atoms with Crippen molar-refractivity contribution in [2.75, 3.05) is 23.3 Å². The minimum Gasteiger partial charge on any atom is -0.447 e. The van der Waals surface area contributed by atoms with Gasteiger partial charge in [0.05, 0.1) is 17.6 Å². The molecule has 3 aromatic heterocycles. The normalized spacial score (nSPS) is 13.9. The Balaban J connectivity index is 1.41. The van der Waals surface area contributed by atoms with Gasteiger partial charge in [0, 0.05) is 54.7 Å². The zero-order chi connectivity index (χ0) is 21.0. The van der Waals surface area contributed by atoms with E-state index in [9.17, 15) is 0 Å². The highest BCUT2D eigenvalue weighted by atomic mass is 16.5. The van der Waals surface area contributed by atoms with Crippen molar-refractivity contribution in [2.45, 2.75) is 19.3 Å². The molecular formula is C25H25N5O. The first-order valence-electron chi connectivity index (χ1n) is 10.6. The van der Waals surface area contributed by atoms with Gasteiger partial charge in [-0.2, -0.15) is 0 Å². The van der Waals surface area contributed by atoms with Crippen LogP contribution in [0.25, 0.3) is 16.9 Å². The molecule has 0 saturated carbocycles. The molecule has 5 rings (SSSR count). The van der Waals surface area contributed by atoms with E-state index in [-0.39, 0.29) is 0 Å². The van der Waals surface area contributed by atoms with Crippen LogP contribution in [0.5, 0.6) is 5.88 Å². The van der Waals surface area contributed by atoms with Gasteiger partial charge in [0.25, 0.3) is 0 Å². The summed E-state index contributed by atoms with van der Waals surface area (Å²) in [5.74, 6) is 0.511. The number of imidazole rings is 1. The summed E-state index contributed by atoms with van der Waals surface area (Å²) in [4.78, 5) is 11.2. The number of ether oxygens (including phenoxy) is 1. The molecule has 0 unspecified atom stereocenters. The number of hydrogen-bond acceptors (Lipinski definition) is 5. The van der Waals surface area contributed by atoms with Crippen molar-refractivity contribution in [1.29, 1.82) is 0 Å². The van der Waals surface area contributed by atoms with Crippen molar-refractivity contribution in [3.8, 4) is 17.1 Å². The van der Waals surface area contributed by atoms with Gasteiger partial charge in [0.1, 0.15) is 0 Å². The maximum atomic E-state index is 5.33. The summed E-state index contributed by atoms with van der Waals surface area (Å²) < 4.78 is 7.40.